The number of aryl methyl sites for hydroxylation is 1. The third-order valence-electron chi connectivity index (χ3n) is 3.68. The molecule has 0 bridgehead atoms. The molecule has 0 amide bonds. The Morgan fingerprint density at radius 3 is 2.05 bits per heavy atom. The summed E-state index contributed by atoms with van der Waals surface area (Å²) in [6, 6.07) is 9.52. The zero-order valence-corrected chi connectivity index (χ0v) is 13.8. The summed E-state index contributed by atoms with van der Waals surface area (Å²) >= 11 is 1.71. The summed E-state index contributed by atoms with van der Waals surface area (Å²) in [7, 11) is 0. The van der Waals surface area contributed by atoms with Crippen LogP contribution in [-0.2, 0) is 0 Å². The molecule has 2 nitrogen and oxygen atoms in total. The summed E-state index contributed by atoms with van der Waals surface area (Å²) in [4.78, 5) is 4.55. The van der Waals surface area contributed by atoms with Crippen molar-refractivity contribution in [2.45, 2.75) is 52.6 Å². The molecule has 0 aliphatic carbocycles. The summed E-state index contributed by atoms with van der Waals surface area (Å²) in [6.45, 7) is 10.9. The summed E-state index contributed by atoms with van der Waals surface area (Å²) < 4.78 is 0. The van der Waals surface area contributed by atoms with Crippen LogP contribution in [0, 0.1) is 6.92 Å². The van der Waals surface area contributed by atoms with Crippen LogP contribution in [0.3, 0.4) is 0 Å². The lowest BCUT2D eigenvalue weighted by atomic mass is 9.99. The second-order valence-corrected chi connectivity index (χ2v) is 6.79. The minimum atomic E-state index is 0.278. The van der Waals surface area contributed by atoms with Crippen LogP contribution < -0.4 is 5.32 Å². The molecule has 0 saturated carbocycles. The van der Waals surface area contributed by atoms with E-state index in [1.807, 2.05) is 0 Å². The van der Waals surface area contributed by atoms with Gasteiger partial charge < -0.3 is 5.32 Å². The molecule has 0 fully saturated rings. The molecule has 1 N–H and O–H groups in total. The van der Waals surface area contributed by atoms with Crippen LogP contribution in [0.25, 0.3) is 0 Å². The van der Waals surface area contributed by atoms with Gasteiger partial charge in [0.25, 0.3) is 0 Å². The van der Waals surface area contributed by atoms with Gasteiger partial charge in [0.1, 0.15) is 0 Å². The normalized spacial score (nSPS) is 14.5. The fourth-order valence-electron chi connectivity index (χ4n) is 2.31. The van der Waals surface area contributed by atoms with Gasteiger partial charge in [-0.15, -0.1) is 11.3 Å². The first-order valence-electron chi connectivity index (χ1n) is 7.25. The molecule has 1 aromatic carbocycles. The van der Waals surface area contributed by atoms with E-state index in [1.165, 1.54) is 11.1 Å². The largest absolute Gasteiger partial charge is 0.302 e. The third kappa shape index (κ3) is 3.68. The molecule has 0 radical (unpaired) electrons. The summed E-state index contributed by atoms with van der Waals surface area (Å²) in [5, 5.41) is 6.89. The van der Waals surface area contributed by atoms with Gasteiger partial charge in [-0.1, -0.05) is 38.1 Å². The fraction of sp³-hybridized carbons (Fsp3) is 0.471. The lowest BCUT2D eigenvalue weighted by Gasteiger charge is -2.19. The van der Waals surface area contributed by atoms with Crippen molar-refractivity contribution >= 4 is 11.3 Å². The van der Waals surface area contributed by atoms with E-state index >= 15 is 0 Å². The Morgan fingerprint density at radius 2 is 1.55 bits per heavy atom. The minimum absolute atomic E-state index is 0.278. The zero-order valence-electron chi connectivity index (χ0n) is 13.0. The predicted octanol–water partition coefficient (Wildman–Crippen LogP) is 4.99. The highest BCUT2D eigenvalue weighted by molar-refractivity contribution is 7.09. The van der Waals surface area contributed by atoms with E-state index in [1.54, 1.807) is 11.3 Å². The number of rotatable bonds is 5. The van der Waals surface area contributed by atoms with Gasteiger partial charge in [-0.25, -0.2) is 4.98 Å². The molecule has 2 unspecified atom stereocenters. The van der Waals surface area contributed by atoms with E-state index in [0.717, 1.165) is 10.7 Å². The van der Waals surface area contributed by atoms with Crippen LogP contribution >= 0.6 is 11.3 Å². The Balaban J connectivity index is 2.02. The van der Waals surface area contributed by atoms with E-state index in [2.05, 4.69) is 74.6 Å². The molecule has 0 aliphatic rings. The van der Waals surface area contributed by atoms with E-state index < -0.39 is 0 Å². The van der Waals surface area contributed by atoms with Gasteiger partial charge in [-0.05, 0) is 37.8 Å². The molecule has 2 aromatic rings. The Morgan fingerprint density at radius 1 is 0.950 bits per heavy atom. The smallest absolute Gasteiger partial charge is 0.0898 e. The van der Waals surface area contributed by atoms with Gasteiger partial charge in [0.05, 0.1) is 10.7 Å². The molecule has 0 spiro atoms. The van der Waals surface area contributed by atoms with Crippen LogP contribution in [0.5, 0.6) is 0 Å². The van der Waals surface area contributed by atoms with E-state index in [9.17, 15) is 0 Å². The number of hydrogen-bond acceptors (Lipinski definition) is 3. The van der Waals surface area contributed by atoms with Gasteiger partial charge in [-0.3, -0.25) is 0 Å². The van der Waals surface area contributed by atoms with Crippen molar-refractivity contribution in [3.05, 3.63) is 51.5 Å². The summed E-state index contributed by atoms with van der Waals surface area (Å²) in [5.74, 6) is 0.587. The quantitative estimate of drug-likeness (QED) is 0.838. The van der Waals surface area contributed by atoms with Gasteiger partial charge in [-0.2, -0.15) is 0 Å². The second kappa shape index (κ2) is 6.51. The van der Waals surface area contributed by atoms with Crippen molar-refractivity contribution < 1.29 is 0 Å². The molecule has 2 atom stereocenters. The van der Waals surface area contributed by atoms with Crippen molar-refractivity contribution in [2.24, 2.45) is 0 Å². The third-order valence-corrected chi connectivity index (χ3v) is 4.48. The Labute approximate surface area is 126 Å². The number of aromatic nitrogens is 1. The van der Waals surface area contributed by atoms with E-state index in [0.29, 0.717) is 12.0 Å². The Bertz CT molecular complexity index is 542. The van der Waals surface area contributed by atoms with E-state index in [4.69, 9.17) is 0 Å². The first-order chi connectivity index (χ1) is 9.47. The fourth-order valence-corrected chi connectivity index (χ4v) is 3.01. The zero-order chi connectivity index (χ0) is 14.7. The molecule has 2 rings (SSSR count). The highest BCUT2D eigenvalue weighted by atomic mass is 32.1. The van der Waals surface area contributed by atoms with Gasteiger partial charge in [0.15, 0.2) is 0 Å². The van der Waals surface area contributed by atoms with Crippen LogP contribution in [0.4, 0.5) is 0 Å². The van der Waals surface area contributed by atoms with Crippen molar-refractivity contribution in [3.63, 3.8) is 0 Å². The molecule has 0 saturated heterocycles. The molecular weight excluding hydrogens is 264 g/mol. The highest BCUT2D eigenvalue weighted by Gasteiger charge is 2.13. The molecule has 0 aliphatic heterocycles. The Kier molecular flexibility index (Phi) is 4.95. The number of benzene rings is 1. The first-order valence-corrected chi connectivity index (χ1v) is 8.13. The standard InChI is InChI=1S/C17H24N2S/c1-11(2)15-6-8-16(9-7-15)12(3)18-13(4)17-10-20-14(5)19-17/h6-13,18H,1-5H3. The van der Waals surface area contributed by atoms with Gasteiger partial charge >= 0.3 is 0 Å². The van der Waals surface area contributed by atoms with Gasteiger partial charge in [0, 0.05) is 17.5 Å². The van der Waals surface area contributed by atoms with Crippen LogP contribution in [0.1, 0.15) is 67.5 Å². The van der Waals surface area contributed by atoms with Crippen molar-refractivity contribution in [3.8, 4) is 0 Å². The number of nitrogens with zero attached hydrogens (tertiary/aromatic N) is 1. The number of thiazole rings is 1. The van der Waals surface area contributed by atoms with Crippen molar-refractivity contribution in [2.75, 3.05) is 0 Å². The Hall–Kier alpha value is -1.19. The molecular formula is C17H24N2S. The first kappa shape index (κ1) is 15.2. The number of nitrogens with one attached hydrogen (secondary N) is 1. The SMILES string of the molecule is Cc1nc(C(C)NC(C)c2ccc(C(C)C)cc2)cs1. The van der Waals surface area contributed by atoms with Gasteiger partial charge in [0.2, 0.25) is 0 Å². The molecule has 3 heteroatoms. The van der Waals surface area contributed by atoms with Crippen molar-refractivity contribution in [1.29, 1.82) is 0 Å². The average molecular weight is 288 g/mol. The topological polar surface area (TPSA) is 24.9 Å². The van der Waals surface area contributed by atoms with Crippen LogP contribution in [0.15, 0.2) is 29.6 Å². The maximum Gasteiger partial charge on any atom is 0.0898 e. The lowest BCUT2D eigenvalue weighted by molar-refractivity contribution is 0.487. The average Bonchev–Trinajstić information content (AvgIpc) is 2.85. The summed E-state index contributed by atoms with van der Waals surface area (Å²) in [6.07, 6.45) is 0. The molecule has 1 heterocycles. The lowest BCUT2D eigenvalue weighted by Crippen LogP contribution is -2.22. The highest BCUT2D eigenvalue weighted by Crippen LogP contribution is 2.22. The number of hydrogen-bond donors (Lipinski definition) is 1. The molecule has 20 heavy (non-hydrogen) atoms. The molecule has 1 aromatic heterocycles. The van der Waals surface area contributed by atoms with Crippen LogP contribution in [0.2, 0.25) is 0 Å². The van der Waals surface area contributed by atoms with E-state index in [-0.39, 0.29) is 6.04 Å². The minimum Gasteiger partial charge on any atom is -0.302 e. The monoisotopic (exact) mass is 288 g/mol. The molecule has 108 valence electrons. The maximum atomic E-state index is 4.55. The van der Waals surface area contributed by atoms with Crippen molar-refractivity contribution in [1.82, 2.24) is 10.3 Å². The predicted molar refractivity (Wildman–Crippen MR) is 87.3 cm³/mol. The maximum absolute atomic E-state index is 4.55. The van der Waals surface area contributed by atoms with Crippen LogP contribution in [-0.4, -0.2) is 4.98 Å². The second-order valence-electron chi connectivity index (χ2n) is 5.72. The summed E-state index contributed by atoms with van der Waals surface area (Å²) in [5.41, 5.74) is 3.86.